The van der Waals surface area contributed by atoms with Crippen LogP contribution in [0.15, 0.2) is 24.3 Å². The maximum atomic E-state index is 12.1. The molecule has 0 amide bonds. The molecule has 4 aliphatic rings. The molecule has 0 aromatic heterocycles. The minimum atomic E-state index is -0.641. The van der Waals surface area contributed by atoms with Crippen LogP contribution in [-0.4, -0.2) is 16.9 Å². The van der Waals surface area contributed by atoms with Crippen molar-refractivity contribution < 1.29 is 14.7 Å². The molecule has 0 aliphatic heterocycles. The second kappa shape index (κ2) is 6.60. The Labute approximate surface area is 163 Å². The largest absolute Gasteiger partial charge is 0.481 e. The highest BCUT2D eigenvalue weighted by Gasteiger charge is 2.61. The zero-order chi connectivity index (χ0) is 19.4. The first-order valence-electron chi connectivity index (χ1n) is 10.9. The molecule has 3 nitrogen and oxygen atoms in total. The third-order valence-corrected chi connectivity index (χ3v) is 9.22. The van der Waals surface area contributed by atoms with E-state index in [1.165, 1.54) is 18.4 Å². The van der Waals surface area contributed by atoms with E-state index >= 15 is 0 Å². The summed E-state index contributed by atoms with van der Waals surface area (Å²) in [6.45, 7) is 8.82. The van der Waals surface area contributed by atoms with Gasteiger partial charge in [-0.1, -0.05) is 25.5 Å². The average Bonchev–Trinajstić information content (AvgIpc) is 2.92. The first-order valence-corrected chi connectivity index (χ1v) is 10.9. The lowest BCUT2D eigenvalue weighted by atomic mass is 9.44. The van der Waals surface area contributed by atoms with Crippen LogP contribution in [0.5, 0.6) is 0 Å². The van der Waals surface area contributed by atoms with Crippen LogP contribution in [0.25, 0.3) is 0 Å². The monoisotopic (exact) mass is 370 g/mol. The van der Waals surface area contributed by atoms with E-state index in [0.29, 0.717) is 48.2 Å². The zero-order valence-electron chi connectivity index (χ0n) is 16.9. The van der Waals surface area contributed by atoms with Gasteiger partial charge in [-0.15, -0.1) is 6.58 Å². The van der Waals surface area contributed by atoms with E-state index < -0.39 is 5.97 Å². The van der Waals surface area contributed by atoms with Crippen LogP contribution < -0.4 is 0 Å². The van der Waals surface area contributed by atoms with Crippen LogP contribution in [0.3, 0.4) is 0 Å². The predicted octanol–water partition coefficient (Wildman–Crippen LogP) is 5.41. The molecule has 1 N–H and O–H groups in total. The highest BCUT2D eigenvalue weighted by atomic mass is 16.4. The van der Waals surface area contributed by atoms with Gasteiger partial charge in [0.1, 0.15) is 0 Å². The van der Waals surface area contributed by atoms with Gasteiger partial charge in [0.2, 0.25) is 0 Å². The zero-order valence-corrected chi connectivity index (χ0v) is 16.9. The van der Waals surface area contributed by atoms with Gasteiger partial charge in [-0.2, -0.15) is 0 Å². The molecule has 0 heterocycles. The fraction of sp³-hybridized carbons (Fsp3) is 0.750. The first kappa shape index (κ1) is 19.0. The second-order valence-electron chi connectivity index (χ2n) is 10.2. The molecule has 3 saturated carbocycles. The van der Waals surface area contributed by atoms with Gasteiger partial charge in [0.25, 0.3) is 0 Å². The molecule has 0 saturated heterocycles. The van der Waals surface area contributed by atoms with Gasteiger partial charge in [0.05, 0.1) is 0 Å². The van der Waals surface area contributed by atoms with E-state index in [1.807, 2.05) is 6.08 Å². The van der Waals surface area contributed by atoms with Crippen molar-refractivity contribution >= 4 is 11.8 Å². The van der Waals surface area contributed by atoms with Crippen molar-refractivity contribution in [3.63, 3.8) is 0 Å². The highest BCUT2D eigenvalue weighted by Crippen LogP contribution is 2.68. The van der Waals surface area contributed by atoms with Crippen LogP contribution in [0, 0.1) is 40.4 Å². The van der Waals surface area contributed by atoms with Crippen LogP contribution in [0.1, 0.15) is 71.6 Å². The number of rotatable bonds is 4. The lowest BCUT2D eigenvalue weighted by molar-refractivity contribution is -0.140. The molecule has 3 heteroatoms. The topological polar surface area (TPSA) is 54.4 Å². The van der Waals surface area contributed by atoms with E-state index in [1.54, 1.807) is 0 Å². The maximum Gasteiger partial charge on any atom is 0.303 e. The molecule has 0 aromatic carbocycles. The third kappa shape index (κ3) is 2.84. The minimum absolute atomic E-state index is 0.168. The summed E-state index contributed by atoms with van der Waals surface area (Å²) in [6.07, 6.45) is 12.7. The van der Waals surface area contributed by atoms with Gasteiger partial charge in [-0.3, -0.25) is 9.59 Å². The third-order valence-electron chi connectivity index (χ3n) is 9.22. The molecule has 148 valence electrons. The van der Waals surface area contributed by atoms with Crippen LogP contribution in [-0.2, 0) is 9.59 Å². The van der Waals surface area contributed by atoms with Gasteiger partial charge in [-0.05, 0) is 91.4 Å². The molecule has 4 aliphatic carbocycles. The number of allylic oxidation sites excluding steroid dienone is 2. The number of hydrogen-bond acceptors (Lipinski definition) is 2. The van der Waals surface area contributed by atoms with Gasteiger partial charge >= 0.3 is 5.97 Å². The fourth-order valence-electron chi connectivity index (χ4n) is 7.81. The summed E-state index contributed by atoms with van der Waals surface area (Å²) in [5.41, 5.74) is 1.74. The normalized spacial score (nSPS) is 46.1. The van der Waals surface area contributed by atoms with Crippen molar-refractivity contribution in [2.75, 3.05) is 0 Å². The Bertz CT molecular complexity index is 692. The summed E-state index contributed by atoms with van der Waals surface area (Å²) in [7, 11) is 0. The molecular formula is C24H34O3. The van der Waals surface area contributed by atoms with E-state index in [4.69, 9.17) is 0 Å². The molecular weight excluding hydrogens is 336 g/mol. The minimum Gasteiger partial charge on any atom is -0.481 e. The van der Waals surface area contributed by atoms with E-state index in [-0.39, 0.29) is 10.8 Å². The smallest absolute Gasteiger partial charge is 0.303 e. The standard InChI is InChI=1S/C24H34O3/c1-4-5-15-12-17-13-18(25)8-10-24(17,3)20-9-11-23(2)16(14-21(26)27)6-7-19(23)22(15)20/h4,13,15-16,19-20,22H,1,5-12,14H2,2-3H3,(H,26,27)/t15?,16?,19-,20+,22-,23+,24-/m0/s1. The molecule has 2 unspecified atom stereocenters. The number of carboxylic acids is 1. The molecule has 3 fully saturated rings. The van der Waals surface area contributed by atoms with Gasteiger partial charge in [0, 0.05) is 12.8 Å². The van der Waals surface area contributed by atoms with E-state index in [0.717, 1.165) is 32.1 Å². The van der Waals surface area contributed by atoms with Crippen LogP contribution in [0.4, 0.5) is 0 Å². The van der Waals surface area contributed by atoms with Crippen molar-refractivity contribution in [2.45, 2.75) is 71.6 Å². The Kier molecular flexibility index (Phi) is 4.63. The number of carbonyl (C=O) groups is 2. The number of hydrogen-bond donors (Lipinski definition) is 1. The van der Waals surface area contributed by atoms with Gasteiger partial charge in [-0.25, -0.2) is 0 Å². The lowest BCUT2D eigenvalue weighted by Crippen LogP contribution is -2.53. The molecule has 7 atom stereocenters. The van der Waals surface area contributed by atoms with Crippen LogP contribution in [0.2, 0.25) is 0 Å². The summed E-state index contributed by atoms with van der Waals surface area (Å²) in [5.74, 6) is 2.46. The molecule has 0 spiro atoms. The maximum absolute atomic E-state index is 12.1. The summed E-state index contributed by atoms with van der Waals surface area (Å²) in [4.78, 5) is 23.6. The summed E-state index contributed by atoms with van der Waals surface area (Å²) in [5, 5.41) is 9.41. The fourth-order valence-corrected chi connectivity index (χ4v) is 7.81. The van der Waals surface area contributed by atoms with Crippen LogP contribution >= 0.6 is 0 Å². The Hall–Kier alpha value is -1.38. The molecule has 0 bridgehead atoms. The number of fused-ring (bicyclic) bond motifs is 5. The van der Waals surface area contributed by atoms with Crippen molar-refractivity contribution in [2.24, 2.45) is 40.4 Å². The predicted molar refractivity (Wildman–Crippen MR) is 106 cm³/mol. The second-order valence-corrected chi connectivity index (χ2v) is 10.2. The Balaban J connectivity index is 1.71. The average molecular weight is 371 g/mol. The van der Waals surface area contributed by atoms with Crippen molar-refractivity contribution in [3.05, 3.63) is 24.3 Å². The number of aliphatic carboxylic acids is 1. The Morgan fingerprint density at radius 2 is 2.04 bits per heavy atom. The number of carboxylic acid groups (broad SMARTS) is 1. The molecule has 0 aromatic rings. The summed E-state index contributed by atoms with van der Waals surface area (Å²) < 4.78 is 0. The molecule has 4 rings (SSSR count). The number of ketones is 1. The summed E-state index contributed by atoms with van der Waals surface area (Å²) >= 11 is 0. The van der Waals surface area contributed by atoms with E-state index in [2.05, 4.69) is 26.5 Å². The van der Waals surface area contributed by atoms with Crippen molar-refractivity contribution in [1.29, 1.82) is 0 Å². The van der Waals surface area contributed by atoms with Crippen molar-refractivity contribution in [1.82, 2.24) is 0 Å². The summed E-state index contributed by atoms with van der Waals surface area (Å²) in [6, 6.07) is 0. The Morgan fingerprint density at radius 1 is 1.26 bits per heavy atom. The Morgan fingerprint density at radius 3 is 2.74 bits per heavy atom. The first-order chi connectivity index (χ1) is 12.8. The van der Waals surface area contributed by atoms with Gasteiger partial charge in [0.15, 0.2) is 5.78 Å². The lowest BCUT2D eigenvalue weighted by Gasteiger charge is -2.60. The van der Waals surface area contributed by atoms with Crippen molar-refractivity contribution in [3.8, 4) is 0 Å². The SMILES string of the molecule is C=CCC1CC2=CC(=O)CC[C@]2(C)[C@@H]2CC[C@]3(C)C(CC(=O)O)CC[C@H]3[C@H]12. The number of carbonyl (C=O) groups excluding carboxylic acids is 1. The molecule has 27 heavy (non-hydrogen) atoms. The molecule has 0 radical (unpaired) electrons. The highest BCUT2D eigenvalue weighted by molar-refractivity contribution is 5.91. The van der Waals surface area contributed by atoms with E-state index in [9.17, 15) is 14.7 Å². The quantitative estimate of drug-likeness (QED) is 0.673. The van der Waals surface area contributed by atoms with Gasteiger partial charge < -0.3 is 5.11 Å².